The van der Waals surface area contributed by atoms with Crippen LogP contribution >= 0.6 is 0 Å². The summed E-state index contributed by atoms with van der Waals surface area (Å²) in [6, 6.07) is 3.36. The first kappa shape index (κ1) is 31.8. The number of nitrogens with one attached hydrogen (secondary N) is 2. The summed E-state index contributed by atoms with van der Waals surface area (Å²) in [5.74, 6) is -0.409. The molecule has 4 heterocycles. The predicted molar refractivity (Wildman–Crippen MR) is 159 cm³/mol. The molecule has 0 spiro atoms. The van der Waals surface area contributed by atoms with E-state index in [0.29, 0.717) is 43.7 Å². The highest BCUT2D eigenvalue weighted by Crippen LogP contribution is 2.52. The molecule has 2 fully saturated rings. The lowest BCUT2D eigenvalue weighted by Crippen LogP contribution is -2.60. The quantitative estimate of drug-likeness (QED) is 0.439. The highest BCUT2D eigenvalue weighted by molar-refractivity contribution is 5.98. The fourth-order valence-corrected chi connectivity index (χ4v) is 6.75. The Labute approximate surface area is 256 Å². The van der Waals surface area contributed by atoms with Crippen molar-refractivity contribution in [2.45, 2.75) is 63.9 Å². The molecule has 2 atom stereocenters. The Bertz CT molecular complexity index is 1310. The fraction of sp³-hybridized carbons (Fsp3) is 0.613. The summed E-state index contributed by atoms with van der Waals surface area (Å²) in [6.07, 6.45) is 3.45. The van der Waals surface area contributed by atoms with E-state index in [1.54, 1.807) is 18.5 Å². The Kier molecular flexibility index (Phi) is 9.24. The topological polar surface area (TPSA) is 102 Å². The molecule has 44 heavy (non-hydrogen) atoms. The Morgan fingerprint density at radius 2 is 1.95 bits per heavy atom. The average Bonchev–Trinajstić information content (AvgIpc) is 3.70. The van der Waals surface area contributed by atoms with Gasteiger partial charge >= 0.3 is 6.18 Å². The minimum atomic E-state index is -4.59. The van der Waals surface area contributed by atoms with E-state index in [4.69, 9.17) is 4.74 Å². The van der Waals surface area contributed by atoms with E-state index in [0.717, 1.165) is 12.4 Å². The number of pyridine rings is 1. The second kappa shape index (κ2) is 12.8. The number of hydrogen-bond donors (Lipinski definition) is 2. The van der Waals surface area contributed by atoms with Crippen molar-refractivity contribution >= 4 is 17.6 Å². The molecule has 0 radical (unpaired) electrons. The number of halogens is 3. The zero-order chi connectivity index (χ0) is 31.5. The van der Waals surface area contributed by atoms with Crippen LogP contribution in [0.5, 0.6) is 0 Å². The molecule has 3 aliphatic heterocycles. The second-order valence-electron chi connectivity index (χ2n) is 11.8. The third kappa shape index (κ3) is 5.90. The molecule has 13 heteroatoms. The number of dihydropyridines is 1. The van der Waals surface area contributed by atoms with Gasteiger partial charge in [-0.15, -0.1) is 0 Å². The SMILES string of the molecule is CCOC1(c2cccnc2)C=CC(N2CCN(C(=O)C3(C(F)(F)F)CCCC3)C[C@H]2CC)=C(C(=O)NCC2=NCCN2C)N1. The standard InChI is InChI=1S/C31H42F3N7O3/c1-4-23-21-40(28(43)29(31(32,33)34)11-6-7-12-29)17-18-41(23)24-10-13-30(44-5-2,22-9-8-14-35-19-22)38-26(24)27(42)37-20-25-36-15-16-39(25)3/h8-10,13-14,19,23,38H,4-7,11-12,15-18,20-21H2,1-3H3,(H,37,42)/t23-,30?/m1/s1. The smallest absolute Gasteiger partial charge is 0.363 e. The van der Waals surface area contributed by atoms with Crippen LogP contribution in [0.3, 0.4) is 0 Å². The van der Waals surface area contributed by atoms with Crippen LogP contribution in [0.4, 0.5) is 13.2 Å². The van der Waals surface area contributed by atoms with Crippen LogP contribution in [-0.2, 0) is 20.1 Å². The van der Waals surface area contributed by atoms with Gasteiger partial charge in [0.2, 0.25) is 5.91 Å². The van der Waals surface area contributed by atoms with Crippen LogP contribution < -0.4 is 10.6 Å². The van der Waals surface area contributed by atoms with Crippen LogP contribution in [0.15, 0.2) is 53.1 Å². The van der Waals surface area contributed by atoms with E-state index in [2.05, 4.69) is 20.6 Å². The van der Waals surface area contributed by atoms with Gasteiger partial charge in [0.05, 0.1) is 18.8 Å². The molecule has 2 amide bonds. The Hall–Kier alpha value is -3.61. The van der Waals surface area contributed by atoms with Gasteiger partial charge < -0.3 is 30.1 Å². The second-order valence-corrected chi connectivity index (χ2v) is 11.8. The van der Waals surface area contributed by atoms with Gasteiger partial charge in [0.15, 0.2) is 5.72 Å². The molecule has 4 aliphatic rings. The first-order valence-electron chi connectivity index (χ1n) is 15.5. The van der Waals surface area contributed by atoms with Crippen molar-refractivity contribution in [2.24, 2.45) is 10.4 Å². The zero-order valence-corrected chi connectivity index (χ0v) is 25.6. The summed E-state index contributed by atoms with van der Waals surface area (Å²) in [5.41, 5.74) is -1.90. The Morgan fingerprint density at radius 3 is 2.57 bits per heavy atom. The van der Waals surface area contributed by atoms with Crippen molar-refractivity contribution < 1.29 is 27.5 Å². The highest BCUT2D eigenvalue weighted by atomic mass is 19.4. The number of aliphatic imine (C=N–C) groups is 1. The van der Waals surface area contributed by atoms with Crippen molar-refractivity contribution in [3.63, 3.8) is 0 Å². The van der Waals surface area contributed by atoms with E-state index < -0.39 is 23.2 Å². The molecule has 0 bridgehead atoms. The third-order valence-corrected chi connectivity index (χ3v) is 9.27. The molecule has 0 aromatic carbocycles. The third-order valence-electron chi connectivity index (χ3n) is 9.27. The van der Waals surface area contributed by atoms with E-state index in [9.17, 15) is 22.8 Å². The van der Waals surface area contributed by atoms with Crippen molar-refractivity contribution in [2.75, 3.05) is 52.9 Å². The number of amides is 2. The minimum Gasteiger partial charge on any atom is -0.363 e. The molecule has 10 nitrogen and oxygen atoms in total. The molecule has 1 saturated carbocycles. The van der Waals surface area contributed by atoms with E-state index in [1.165, 1.54) is 4.90 Å². The molecule has 1 aliphatic carbocycles. The summed E-state index contributed by atoms with van der Waals surface area (Å²) < 4.78 is 48.9. The van der Waals surface area contributed by atoms with E-state index in [-0.39, 0.29) is 56.7 Å². The van der Waals surface area contributed by atoms with Crippen LogP contribution in [0, 0.1) is 5.41 Å². The molecule has 1 saturated heterocycles. The monoisotopic (exact) mass is 617 g/mol. The van der Waals surface area contributed by atoms with Crippen LogP contribution in [-0.4, -0.2) is 102 Å². The summed E-state index contributed by atoms with van der Waals surface area (Å²) in [7, 11) is 1.92. The number of amidine groups is 1. The molecule has 1 aromatic heterocycles. The summed E-state index contributed by atoms with van der Waals surface area (Å²) in [5, 5.41) is 6.35. The van der Waals surface area contributed by atoms with E-state index in [1.807, 2.05) is 48.9 Å². The maximum absolute atomic E-state index is 14.2. The van der Waals surface area contributed by atoms with E-state index >= 15 is 0 Å². The summed E-state index contributed by atoms with van der Waals surface area (Å²) in [4.78, 5) is 41.5. The van der Waals surface area contributed by atoms with Crippen molar-refractivity contribution in [3.05, 3.63) is 53.6 Å². The maximum Gasteiger partial charge on any atom is 0.403 e. The van der Waals surface area contributed by atoms with Gasteiger partial charge in [0, 0.05) is 63.8 Å². The summed E-state index contributed by atoms with van der Waals surface area (Å²) >= 11 is 0. The predicted octanol–water partition coefficient (Wildman–Crippen LogP) is 3.15. The molecule has 2 N–H and O–H groups in total. The lowest BCUT2D eigenvalue weighted by Gasteiger charge is -2.47. The molecule has 5 rings (SSSR count). The lowest BCUT2D eigenvalue weighted by atomic mass is 9.83. The lowest BCUT2D eigenvalue weighted by molar-refractivity contribution is -0.226. The van der Waals surface area contributed by atoms with Gasteiger partial charge in [-0.05, 0) is 44.4 Å². The number of hydrogen-bond acceptors (Lipinski definition) is 8. The van der Waals surface area contributed by atoms with Crippen LogP contribution in [0.2, 0.25) is 0 Å². The zero-order valence-electron chi connectivity index (χ0n) is 25.6. The number of carbonyl (C=O) groups is 2. The van der Waals surface area contributed by atoms with Gasteiger partial charge in [-0.2, -0.15) is 13.2 Å². The molecule has 240 valence electrons. The van der Waals surface area contributed by atoms with Crippen LogP contribution in [0.25, 0.3) is 0 Å². The molecule has 1 unspecified atom stereocenters. The number of nitrogens with zero attached hydrogens (tertiary/aromatic N) is 5. The Balaban J connectivity index is 1.45. The normalized spacial score (nSPS) is 25.3. The largest absolute Gasteiger partial charge is 0.403 e. The average molecular weight is 618 g/mol. The van der Waals surface area contributed by atoms with Gasteiger partial charge in [-0.25, -0.2) is 0 Å². The maximum atomic E-state index is 14.2. The Morgan fingerprint density at radius 1 is 1.18 bits per heavy atom. The minimum absolute atomic E-state index is 0.125. The summed E-state index contributed by atoms with van der Waals surface area (Å²) in [6.45, 7) is 6.38. The fourth-order valence-electron chi connectivity index (χ4n) is 6.75. The van der Waals surface area contributed by atoms with Crippen molar-refractivity contribution in [3.8, 4) is 0 Å². The number of piperazine rings is 1. The van der Waals surface area contributed by atoms with Gasteiger partial charge in [0.25, 0.3) is 5.91 Å². The number of rotatable bonds is 9. The first-order chi connectivity index (χ1) is 21.0. The number of aromatic nitrogens is 1. The number of likely N-dealkylation sites (N-methyl/N-ethyl adjacent to an activating group) is 1. The number of carbonyl (C=O) groups excluding carboxylic acids is 2. The van der Waals surface area contributed by atoms with Crippen molar-refractivity contribution in [1.82, 2.24) is 30.3 Å². The molecule has 1 aromatic rings. The van der Waals surface area contributed by atoms with Gasteiger partial charge in [0.1, 0.15) is 16.9 Å². The van der Waals surface area contributed by atoms with Crippen molar-refractivity contribution in [1.29, 1.82) is 0 Å². The van der Waals surface area contributed by atoms with Crippen LogP contribution in [0.1, 0.15) is 51.5 Å². The number of allylic oxidation sites excluding steroid dienone is 1. The number of alkyl halides is 3. The first-order valence-corrected chi connectivity index (χ1v) is 15.5. The number of ether oxygens (including phenoxy) is 1. The van der Waals surface area contributed by atoms with Gasteiger partial charge in [-0.3, -0.25) is 19.6 Å². The highest BCUT2D eigenvalue weighted by Gasteiger charge is 2.62. The molecular weight excluding hydrogens is 575 g/mol. The van der Waals surface area contributed by atoms with Gasteiger partial charge in [-0.1, -0.05) is 25.8 Å². The molecular formula is C31H42F3N7O3.